The van der Waals surface area contributed by atoms with Crippen molar-refractivity contribution in [3.63, 3.8) is 0 Å². The van der Waals surface area contributed by atoms with Gasteiger partial charge in [-0.25, -0.2) is 9.97 Å². The number of nitrogens with zero attached hydrogens (tertiary/aromatic N) is 2. The SMILES string of the molecule is CC(C)c1ccc(SC(C)(C)Cc2nc(N)nc3ccccc23)cc1. The molecule has 0 aliphatic heterocycles. The van der Waals surface area contributed by atoms with Crippen LogP contribution in [0.4, 0.5) is 5.95 Å². The number of nitrogen functional groups attached to an aromatic ring is 1. The molecule has 0 radical (unpaired) electrons. The lowest BCUT2D eigenvalue weighted by atomic mass is 10.0. The van der Waals surface area contributed by atoms with Gasteiger partial charge in [0, 0.05) is 21.4 Å². The summed E-state index contributed by atoms with van der Waals surface area (Å²) in [5, 5.41) is 1.08. The van der Waals surface area contributed by atoms with Crippen LogP contribution in [-0.4, -0.2) is 14.7 Å². The van der Waals surface area contributed by atoms with Crippen LogP contribution < -0.4 is 5.73 Å². The molecule has 3 rings (SSSR count). The molecule has 0 aliphatic carbocycles. The van der Waals surface area contributed by atoms with Crippen LogP contribution in [0.25, 0.3) is 10.9 Å². The molecular weight excluding hydrogens is 326 g/mol. The first-order valence-corrected chi connectivity index (χ1v) is 9.46. The van der Waals surface area contributed by atoms with Crippen molar-refractivity contribution in [3.05, 3.63) is 59.8 Å². The molecule has 0 unspecified atom stereocenters. The van der Waals surface area contributed by atoms with E-state index in [1.807, 2.05) is 30.0 Å². The molecule has 2 N–H and O–H groups in total. The minimum atomic E-state index is 0.00289. The number of nitrogens with two attached hydrogens (primary N) is 1. The average molecular weight is 352 g/mol. The molecule has 0 saturated heterocycles. The number of fused-ring (bicyclic) bond motifs is 1. The molecule has 0 bridgehead atoms. The second-order valence-corrected chi connectivity index (χ2v) is 9.09. The fraction of sp³-hybridized carbons (Fsp3) is 0.333. The van der Waals surface area contributed by atoms with E-state index in [1.54, 1.807) is 0 Å². The summed E-state index contributed by atoms with van der Waals surface area (Å²) < 4.78 is 0.00289. The number of hydrogen-bond donors (Lipinski definition) is 1. The van der Waals surface area contributed by atoms with E-state index in [-0.39, 0.29) is 4.75 Å². The van der Waals surface area contributed by atoms with Crippen molar-refractivity contribution in [3.8, 4) is 0 Å². The molecule has 0 spiro atoms. The fourth-order valence-electron chi connectivity index (χ4n) is 2.98. The average Bonchev–Trinajstić information content (AvgIpc) is 2.54. The topological polar surface area (TPSA) is 51.8 Å². The van der Waals surface area contributed by atoms with E-state index in [0.29, 0.717) is 11.9 Å². The maximum atomic E-state index is 5.91. The van der Waals surface area contributed by atoms with Crippen LogP contribution in [0.5, 0.6) is 0 Å². The largest absolute Gasteiger partial charge is 0.368 e. The lowest BCUT2D eigenvalue weighted by Gasteiger charge is -2.24. The Morgan fingerprint density at radius 1 is 1.00 bits per heavy atom. The van der Waals surface area contributed by atoms with Crippen LogP contribution in [0, 0.1) is 0 Å². The van der Waals surface area contributed by atoms with E-state index in [2.05, 4.69) is 68.0 Å². The van der Waals surface area contributed by atoms with E-state index >= 15 is 0 Å². The summed E-state index contributed by atoms with van der Waals surface area (Å²) in [5.74, 6) is 0.901. The van der Waals surface area contributed by atoms with E-state index in [1.165, 1.54) is 10.5 Å². The summed E-state index contributed by atoms with van der Waals surface area (Å²) in [4.78, 5) is 10.1. The fourth-order valence-corrected chi connectivity index (χ4v) is 4.10. The highest BCUT2D eigenvalue weighted by Gasteiger charge is 2.23. The zero-order valence-corrected chi connectivity index (χ0v) is 16.1. The Morgan fingerprint density at radius 3 is 2.36 bits per heavy atom. The second kappa shape index (κ2) is 7.04. The molecule has 0 atom stereocenters. The van der Waals surface area contributed by atoms with Gasteiger partial charge in [0.25, 0.3) is 0 Å². The molecule has 0 aliphatic rings. The molecule has 1 heterocycles. The molecule has 0 fully saturated rings. The van der Waals surface area contributed by atoms with E-state index in [9.17, 15) is 0 Å². The van der Waals surface area contributed by atoms with Crippen LogP contribution in [0.1, 0.15) is 44.9 Å². The number of hydrogen-bond acceptors (Lipinski definition) is 4. The smallest absolute Gasteiger partial charge is 0.220 e. The maximum absolute atomic E-state index is 5.91. The van der Waals surface area contributed by atoms with Crippen LogP contribution in [0.2, 0.25) is 0 Å². The molecule has 1 aromatic heterocycles. The Bertz CT molecular complexity index is 870. The van der Waals surface area contributed by atoms with E-state index in [0.717, 1.165) is 23.0 Å². The van der Waals surface area contributed by atoms with Crippen LogP contribution >= 0.6 is 11.8 Å². The van der Waals surface area contributed by atoms with E-state index in [4.69, 9.17) is 5.73 Å². The van der Waals surface area contributed by atoms with Crippen molar-refractivity contribution in [1.29, 1.82) is 0 Å². The van der Waals surface area contributed by atoms with Gasteiger partial charge in [0.1, 0.15) is 0 Å². The number of para-hydroxylation sites is 1. The first kappa shape index (κ1) is 17.7. The molecule has 25 heavy (non-hydrogen) atoms. The number of anilines is 1. The molecule has 4 heteroatoms. The molecule has 0 amide bonds. The van der Waals surface area contributed by atoms with Gasteiger partial charge in [-0.05, 0) is 43.5 Å². The number of benzene rings is 2. The zero-order valence-electron chi connectivity index (χ0n) is 15.3. The monoisotopic (exact) mass is 351 g/mol. The van der Waals surface area contributed by atoms with Crippen molar-refractivity contribution in [2.24, 2.45) is 0 Å². The van der Waals surface area contributed by atoms with Gasteiger partial charge in [-0.3, -0.25) is 0 Å². The van der Waals surface area contributed by atoms with Gasteiger partial charge in [0.05, 0.1) is 11.2 Å². The molecule has 0 saturated carbocycles. The highest BCUT2D eigenvalue weighted by molar-refractivity contribution is 8.00. The Labute approximate surface area is 154 Å². The van der Waals surface area contributed by atoms with Gasteiger partial charge in [-0.15, -0.1) is 11.8 Å². The standard InChI is InChI=1S/C21H25N3S/c1-14(2)15-9-11-16(12-10-15)25-21(3,4)13-19-17-7-5-6-8-18(17)23-20(22)24-19/h5-12,14H,13H2,1-4H3,(H2,22,23,24). The third-order valence-electron chi connectivity index (χ3n) is 4.23. The van der Waals surface area contributed by atoms with E-state index < -0.39 is 0 Å². The summed E-state index contributed by atoms with van der Waals surface area (Å²) in [6.07, 6.45) is 0.830. The van der Waals surface area contributed by atoms with Crippen molar-refractivity contribution >= 4 is 28.6 Å². The van der Waals surface area contributed by atoms with Gasteiger partial charge in [-0.1, -0.05) is 44.2 Å². The molecule has 3 aromatic rings. The Morgan fingerprint density at radius 2 is 1.68 bits per heavy atom. The van der Waals surface area contributed by atoms with Gasteiger partial charge >= 0.3 is 0 Å². The Hall–Kier alpha value is -2.07. The predicted octanol–water partition coefficient (Wildman–Crippen LogP) is 5.45. The van der Waals surface area contributed by atoms with Gasteiger partial charge in [0.15, 0.2) is 0 Å². The van der Waals surface area contributed by atoms with Crippen molar-refractivity contribution < 1.29 is 0 Å². The van der Waals surface area contributed by atoms with Crippen LogP contribution in [0.15, 0.2) is 53.4 Å². The highest BCUT2D eigenvalue weighted by atomic mass is 32.2. The third-order valence-corrected chi connectivity index (χ3v) is 5.44. The second-order valence-electron chi connectivity index (χ2n) is 7.31. The summed E-state index contributed by atoms with van der Waals surface area (Å²) in [6.45, 7) is 8.94. The molecule has 2 aromatic carbocycles. The minimum Gasteiger partial charge on any atom is -0.368 e. The minimum absolute atomic E-state index is 0.00289. The molecule has 130 valence electrons. The van der Waals surface area contributed by atoms with Gasteiger partial charge < -0.3 is 5.73 Å². The van der Waals surface area contributed by atoms with Crippen LogP contribution in [-0.2, 0) is 6.42 Å². The zero-order chi connectivity index (χ0) is 18.0. The first-order chi connectivity index (χ1) is 11.8. The predicted molar refractivity (Wildman–Crippen MR) is 108 cm³/mol. The van der Waals surface area contributed by atoms with Gasteiger partial charge in [0.2, 0.25) is 5.95 Å². The summed E-state index contributed by atoms with van der Waals surface area (Å²) in [5.41, 5.74) is 9.21. The molecular formula is C21H25N3S. The highest BCUT2D eigenvalue weighted by Crippen LogP contribution is 2.36. The third kappa shape index (κ3) is 4.31. The lowest BCUT2D eigenvalue weighted by Crippen LogP contribution is -2.20. The number of aromatic nitrogens is 2. The Kier molecular flexibility index (Phi) is 5.00. The summed E-state index contributed by atoms with van der Waals surface area (Å²) >= 11 is 1.87. The molecule has 3 nitrogen and oxygen atoms in total. The first-order valence-electron chi connectivity index (χ1n) is 8.64. The number of thioether (sulfide) groups is 1. The van der Waals surface area contributed by atoms with Gasteiger partial charge in [-0.2, -0.15) is 0 Å². The summed E-state index contributed by atoms with van der Waals surface area (Å²) in [6, 6.07) is 16.9. The van der Waals surface area contributed by atoms with Crippen LogP contribution in [0.3, 0.4) is 0 Å². The van der Waals surface area contributed by atoms with Crippen molar-refractivity contribution in [2.75, 3.05) is 5.73 Å². The van der Waals surface area contributed by atoms with Crippen molar-refractivity contribution in [2.45, 2.75) is 49.7 Å². The normalized spacial score (nSPS) is 12.0. The quantitative estimate of drug-likeness (QED) is 0.621. The van der Waals surface area contributed by atoms with Crippen molar-refractivity contribution in [1.82, 2.24) is 9.97 Å². The lowest BCUT2D eigenvalue weighted by molar-refractivity contribution is 0.697. The summed E-state index contributed by atoms with van der Waals surface area (Å²) in [7, 11) is 0. The maximum Gasteiger partial charge on any atom is 0.220 e. The Balaban J connectivity index is 1.84. The number of rotatable bonds is 5.